The van der Waals surface area contributed by atoms with Gasteiger partial charge in [0.1, 0.15) is 5.75 Å². The van der Waals surface area contributed by atoms with E-state index in [2.05, 4.69) is 35.4 Å². The summed E-state index contributed by atoms with van der Waals surface area (Å²) in [5, 5.41) is 10.5. The topological polar surface area (TPSA) is 75.0 Å². The summed E-state index contributed by atoms with van der Waals surface area (Å²) in [4.78, 5) is 30.5. The van der Waals surface area contributed by atoms with E-state index in [1.807, 2.05) is 36.3 Å². The SMILES string of the molecule is CCCCN(CCCC)C(=O)CN1C[C@H](c2ccc3c(c2)CCO3)[C@@H](C(=O)O)[C@@H]1CCc1cccn1C. The van der Waals surface area contributed by atoms with Crippen LogP contribution in [0.15, 0.2) is 36.5 Å². The third-order valence-corrected chi connectivity index (χ3v) is 8.18. The molecule has 1 aromatic heterocycles. The van der Waals surface area contributed by atoms with Gasteiger partial charge in [0.25, 0.3) is 0 Å². The number of amides is 1. The zero-order valence-electron chi connectivity index (χ0n) is 22.7. The van der Waals surface area contributed by atoms with Crippen LogP contribution in [0.2, 0.25) is 0 Å². The van der Waals surface area contributed by atoms with Crippen LogP contribution in [-0.2, 0) is 29.5 Å². The van der Waals surface area contributed by atoms with E-state index in [9.17, 15) is 14.7 Å². The van der Waals surface area contributed by atoms with Crippen molar-refractivity contribution in [1.82, 2.24) is 14.4 Å². The van der Waals surface area contributed by atoms with Gasteiger partial charge in [-0.1, -0.05) is 38.8 Å². The minimum atomic E-state index is -0.776. The molecule has 0 spiro atoms. The second kappa shape index (κ2) is 12.6. The lowest BCUT2D eigenvalue weighted by molar-refractivity contribution is -0.143. The molecule has 2 aliphatic rings. The van der Waals surface area contributed by atoms with E-state index in [0.717, 1.165) is 68.5 Å². The number of hydrogen-bond acceptors (Lipinski definition) is 4. The predicted molar refractivity (Wildman–Crippen MR) is 145 cm³/mol. The van der Waals surface area contributed by atoms with Gasteiger partial charge >= 0.3 is 5.97 Å². The summed E-state index contributed by atoms with van der Waals surface area (Å²) < 4.78 is 7.78. The quantitative estimate of drug-likeness (QED) is 0.431. The van der Waals surface area contributed by atoms with Gasteiger partial charge in [0, 0.05) is 57.0 Å². The zero-order chi connectivity index (χ0) is 26.4. The van der Waals surface area contributed by atoms with Gasteiger partial charge in [-0.15, -0.1) is 0 Å². The van der Waals surface area contributed by atoms with E-state index in [4.69, 9.17) is 4.74 Å². The van der Waals surface area contributed by atoms with Gasteiger partial charge in [-0.05, 0) is 55.0 Å². The standard InChI is InChI=1S/C30H43N3O4/c1-4-6-16-32(17-7-5-2)28(34)21-33-20-25(22-10-13-27-23(19-22)14-18-37-27)29(30(35)36)26(33)12-11-24-9-8-15-31(24)3/h8-10,13,15,19,25-26,29H,4-7,11-12,14,16-18,20-21H2,1-3H3,(H,35,36)/t25-,26+,29-/m1/s1. The molecule has 1 fully saturated rings. The van der Waals surface area contributed by atoms with Gasteiger partial charge in [-0.25, -0.2) is 0 Å². The number of aryl methyl sites for hydroxylation is 2. The number of benzene rings is 1. The number of carbonyl (C=O) groups excluding carboxylic acids is 1. The molecule has 0 aliphatic carbocycles. The second-order valence-electron chi connectivity index (χ2n) is 10.7. The van der Waals surface area contributed by atoms with E-state index in [0.29, 0.717) is 19.6 Å². The van der Waals surface area contributed by atoms with Crippen LogP contribution in [0.5, 0.6) is 5.75 Å². The van der Waals surface area contributed by atoms with Crippen LogP contribution in [0.1, 0.15) is 68.7 Å². The first-order valence-corrected chi connectivity index (χ1v) is 14.0. The predicted octanol–water partition coefficient (Wildman–Crippen LogP) is 4.49. The largest absolute Gasteiger partial charge is 0.493 e. The zero-order valence-corrected chi connectivity index (χ0v) is 22.7. The van der Waals surface area contributed by atoms with E-state index in [-0.39, 0.29) is 24.4 Å². The first-order valence-electron chi connectivity index (χ1n) is 14.0. The third kappa shape index (κ3) is 6.38. The lowest BCUT2D eigenvalue weighted by atomic mass is 9.83. The first-order chi connectivity index (χ1) is 17.9. The number of carboxylic acid groups (broad SMARTS) is 1. The van der Waals surface area contributed by atoms with Gasteiger partial charge in [0.2, 0.25) is 5.91 Å². The smallest absolute Gasteiger partial charge is 0.308 e. The lowest BCUT2D eigenvalue weighted by Crippen LogP contribution is -2.44. The molecule has 3 atom stereocenters. The molecule has 7 heteroatoms. The van der Waals surface area contributed by atoms with Crippen molar-refractivity contribution in [3.63, 3.8) is 0 Å². The average Bonchev–Trinajstić information content (AvgIpc) is 3.60. The molecule has 202 valence electrons. The van der Waals surface area contributed by atoms with Crippen LogP contribution in [-0.4, -0.2) is 70.2 Å². The van der Waals surface area contributed by atoms with E-state index < -0.39 is 11.9 Å². The summed E-state index contributed by atoms with van der Waals surface area (Å²) in [5.41, 5.74) is 3.38. The van der Waals surface area contributed by atoms with Crippen LogP contribution in [0.4, 0.5) is 0 Å². The van der Waals surface area contributed by atoms with E-state index >= 15 is 0 Å². The number of aliphatic carboxylic acids is 1. The highest BCUT2D eigenvalue weighted by Crippen LogP contribution is 2.41. The van der Waals surface area contributed by atoms with Gasteiger partial charge < -0.3 is 19.3 Å². The van der Waals surface area contributed by atoms with Crippen molar-refractivity contribution in [2.75, 3.05) is 32.8 Å². The first kappa shape index (κ1) is 27.2. The Balaban J connectivity index is 1.59. The van der Waals surface area contributed by atoms with Crippen molar-refractivity contribution < 1.29 is 19.4 Å². The number of ether oxygens (including phenoxy) is 1. The van der Waals surface area contributed by atoms with Gasteiger partial charge in [0.05, 0.1) is 19.1 Å². The molecule has 0 radical (unpaired) electrons. The number of unbranched alkanes of at least 4 members (excludes halogenated alkanes) is 2. The normalized spacial score (nSPS) is 21.1. The number of nitrogens with zero attached hydrogens (tertiary/aromatic N) is 3. The van der Waals surface area contributed by atoms with Gasteiger partial charge in [-0.3, -0.25) is 14.5 Å². The number of fused-ring (bicyclic) bond motifs is 1. The summed E-state index contributed by atoms with van der Waals surface area (Å²) in [6.07, 6.45) is 8.44. The van der Waals surface area contributed by atoms with Gasteiger partial charge in [0.15, 0.2) is 0 Å². The van der Waals surface area contributed by atoms with Crippen LogP contribution >= 0.6 is 0 Å². The Bertz CT molecular complexity index is 1060. The fourth-order valence-electron chi connectivity index (χ4n) is 6.01. The number of rotatable bonds is 13. The van der Waals surface area contributed by atoms with E-state index in [1.54, 1.807) is 0 Å². The van der Waals surface area contributed by atoms with Crippen molar-refractivity contribution in [1.29, 1.82) is 0 Å². The Kier molecular flexibility index (Phi) is 9.30. The number of carbonyl (C=O) groups is 2. The highest BCUT2D eigenvalue weighted by atomic mass is 16.5. The minimum Gasteiger partial charge on any atom is -0.493 e. The monoisotopic (exact) mass is 509 g/mol. The van der Waals surface area contributed by atoms with Crippen LogP contribution in [0.25, 0.3) is 0 Å². The van der Waals surface area contributed by atoms with Crippen LogP contribution in [0.3, 0.4) is 0 Å². The van der Waals surface area contributed by atoms with Crippen LogP contribution in [0, 0.1) is 5.92 Å². The Morgan fingerprint density at radius 2 is 1.89 bits per heavy atom. The minimum absolute atomic E-state index is 0.123. The van der Waals surface area contributed by atoms with Crippen LogP contribution < -0.4 is 4.74 Å². The van der Waals surface area contributed by atoms with E-state index in [1.165, 1.54) is 5.69 Å². The third-order valence-electron chi connectivity index (χ3n) is 8.18. The summed E-state index contributed by atoms with van der Waals surface area (Å²) in [7, 11) is 2.02. The average molecular weight is 510 g/mol. The van der Waals surface area contributed by atoms with Crippen molar-refractivity contribution in [3.05, 3.63) is 53.3 Å². The molecule has 7 nitrogen and oxygen atoms in total. The summed E-state index contributed by atoms with van der Waals surface area (Å²) >= 11 is 0. The Labute approximate surface area is 221 Å². The molecule has 2 aromatic rings. The molecule has 2 aliphatic heterocycles. The molecule has 1 aromatic carbocycles. The lowest BCUT2D eigenvalue weighted by Gasteiger charge is -2.30. The number of carboxylic acids is 1. The molecule has 1 amide bonds. The highest BCUT2D eigenvalue weighted by molar-refractivity contribution is 5.79. The molecule has 3 heterocycles. The number of hydrogen-bond donors (Lipinski definition) is 1. The molecular weight excluding hydrogens is 466 g/mol. The molecular formula is C30H43N3O4. The van der Waals surface area contributed by atoms with Crippen molar-refractivity contribution >= 4 is 11.9 Å². The maximum absolute atomic E-state index is 13.5. The molecule has 0 saturated carbocycles. The van der Waals surface area contributed by atoms with Gasteiger partial charge in [-0.2, -0.15) is 0 Å². The Hall–Kier alpha value is -2.80. The Morgan fingerprint density at radius 1 is 1.14 bits per heavy atom. The molecule has 37 heavy (non-hydrogen) atoms. The number of aromatic nitrogens is 1. The fraction of sp³-hybridized carbons (Fsp3) is 0.600. The van der Waals surface area contributed by atoms with Crippen molar-refractivity contribution in [3.8, 4) is 5.75 Å². The summed E-state index contributed by atoms with van der Waals surface area (Å²) in [6, 6.07) is 10.1. The maximum Gasteiger partial charge on any atom is 0.308 e. The molecule has 0 bridgehead atoms. The molecule has 0 unspecified atom stereocenters. The fourth-order valence-corrected chi connectivity index (χ4v) is 6.01. The molecule has 1 N–H and O–H groups in total. The van der Waals surface area contributed by atoms with Crippen molar-refractivity contribution in [2.24, 2.45) is 13.0 Å². The molecule has 1 saturated heterocycles. The molecule has 4 rings (SSSR count). The Morgan fingerprint density at radius 3 is 2.54 bits per heavy atom. The summed E-state index contributed by atoms with van der Waals surface area (Å²) in [5.74, 6) is -0.466. The number of likely N-dealkylation sites (tertiary alicyclic amines) is 1. The highest BCUT2D eigenvalue weighted by Gasteiger charge is 2.47. The van der Waals surface area contributed by atoms with Crippen molar-refractivity contribution in [2.45, 2.75) is 70.8 Å². The summed E-state index contributed by atoms with van der Waals surface area (Å²) in [6.45, 7) is 7.37. The maximum atomic E-state index is 13.5. The second-order valence-corrected chi connectivity index (χ2v) is 10.7.